The quantitative estimate of drug-likeness (QED) is 0.322. The van der Waals surface area contributed by atoms with Gasteiger partial charge < -0.3 is 35.1 Å². The van der Waals surface area contributed by atoms with Gasteiger partial charge in [0.2, 0.25) is 5.91 Å². The van der Waals surface area contributed by atoms with Crippen molar-refractivity contribution in [3.8, 4) is 5.75 Å². The number of benzene rings is 1. The third-order valence-electron chi connectivity index (χ3n) is 5.63. The summed E-state index contributed by atoms with van der Waals surface area (Å²) in [6.45, 7) is 5.15. The van der Waals surface area contributed by atoms with Crippen molar-refractivity contribution in [2.75, 3.05) is 20.3 Å². The van der Waals surface area contributed by atoms with E-state index in [1.165, 1.54) is 14.0 Å². The maximum Gasteiger partial charge on any atom is 0.251 e. The van der Waals surface area contributed by atoms with Gasteiger partial charge >= 0.3 is 0 Å². The van der Waals surface area contributed by atoms with Crippen molar-refractivity contribution >= 4 is 17.6 Å². The van der Waals surface area contributed by atoms with Gasteiger partial charge in [-0.05, 0) is 37.1 Å². The molecule has 34 heavy (non-hydrogen) atoms. The lowest BCUT2D eigenvalue weighted by Crippen LogP contribution is -2.65. The topological polar surface area (TPSA) is 143 Å². The van der Waals surface area contributed by atoms with Crippen LogP contribution in [0.2, 0.25) is 0 Å². The summed E-state index contributed by atoms with van der Waals surface area (Å²) < 4.78 is 16.7. The molecule has 5 atom stereocenters. The number of ketones is 1. The van der Waals surface area contributed by atoms with E-state index in [-0.39, 0.29) is 30.8 Å². The highest BCUT2D eigenvalue weighted by Crippen LogP contribution is 2.23. The fourth-order valence-corrected chi connectivity index (χ4v) is 3.56. The van der Waals surface area contributed by atoms with Crippen LogP contribution in [-0.2, 0) is 19.1 Å². The molecule has 2 unspecified atom stereocenters. The Bertz CT molecular complexity index is 814. The summed E-state index contributed by atoms with van der Waals surface area (Å²) in [6.07, 6.45) is -3.06. The number of hydrogen-bond acceptors (Lipinski definition) is 8. The molecule has 0 radical (unpaired) electrons. The molecule has 0 saturated carbocycles. The number of aliphatic hydroxyl groups is 2. The molecule has 0 bridgehead atoms. The van der Waals surface area contributed by atoms with E-state index in [9.17, 15) is 24.6 Å². The predicted molar refractivity (Wildman–Crippen MR) is 123 cm³/mol. The van der Waals surface area contributed by atoms with Gasteiger partial charge in [-0.1, -0.05) is 13.8 Å². The molecule has 1 heterocycles. The Balaban J connectivity index is 1.95. The molecule has 0 aromatic heterocycles. The maximum atomic E-state index is 12.4. The van der Waals surface area contributed by atoms with Crippen molar-refractivity contribution in [2.24, 2.45) is 5.92 Å². The third-order valence-corrected chi connectivity index (χ3v) is 5.63. The number of ether oxygens (including phenoxy) is 3. The van der Waals surface area contributed by atoms with E-state index in [0.717, 1.165) is 0 Å². The number of aliphatic hydroxyl groups excluding tert-OH is 2. The van der Waals surface area contributed by atoms with Gasteiger partial charge in [0, 0.05) is 38.0 Å². The van der Waals surface area contributed by atoms with Crippen molar-refractivity contribution in [1.82, 2.24) is 10.6 Å². The first-order chi connectivity index (χ1) is 16.1. The Morgan fingerprint density at radius 2 is 1.76 bits per heavy atom. The van der Waals surface area contributed by atoms with Crippen LogP contribution in [0, 0.1) is 5.92 Å². The zero-order valence-electron chi connectivity index (χ0n) is 20.2. The van der Waals surface area contributed by atoms with Crippen molar-refractivity contribution in [1.29, 1.82) is 0 Å². The number of nitrogens with one attached hydrogen (secondary N) is 2. The molecule has 10 nitrogen and oxygen atoms in total. The summed E-state index contributed by atoms with van der Waals surface area (Å²) in [5, 5.41) is 26.4. The van der Waals surface area contributed by atoms with Gasteiger partial charge in [-0.2, -0.15) is 0 Å². The highest BCUT2D eigenvalue weighted by Gasteiger charge is 2.45. The molecule has 1 aliphatic rings. The minimum atomic E-state index is -1.37. The number of unbranched alkanes of at least 4 members (excludes halogenated alkanes) is 1. The smallest absolute Gasteiger partial charge is 0.251 e. The lowest BCUT2D eigenvalue weighted by Gasteiger charge is -2.42. The molecular weight excluding hydrogens is 444 g/mol. The van der Waals surface area contributed by atoms with Crippen LogP contribution >= 0.6 is 0 Å². The van der Waals surface area contributed by atoms with E-state index in [2.05, 4.69) is 10.6 Å². The number of carbonyl (C=O) groups is 3. The minimum absolute atomic E-state index is 0.0164. The number of hydrogen-bond donors (Lipinski definition) is 4. The highest BCUT2D eigenvalue weighted by atomic mass is 16.7. The fourth-order valence-electron chi connectivity index (χ4n) is 3.56. The third kappa shape index (κ3) is 8.05. The largest absolute Gasteiger partial charge is 0.497 e. The maximum absolute atomic E-state index is 12.4. The fraction of sp³-hybridized carbons (Fsp3) is 0.625. The Kier molecular flexibility index (Phi) is 10.9. The highest BCUT2D eigenvalue weighted by molar-refractivity contribution is 5.94. The van der Waals surface area contributed by atoms with Gasteiger partial charge in [-0.25, -0.2) is 0 Å². The zero-order chi connectivity index (χ0) is 25.3. The number of Topliss-reactive ketones (excluding diaryl/α,β-unsaturated/α-hetero) is 1. The van der Waals surface area contributed by atoms with E-state index in [0.29, 0.717) is 30.6 Å². The summed E-state index contributed by atoms with van der Waals surface area (Å²) in [5.41, 5.74) is 0.395. The summed E-state index contributed by atoms with van der Waals surface area (Å²) in [7, 11) is 1.53. The molecule has 1 fully saturated rings. The standard InChI is InChI=1S/C24H36N2O8/c1-14(2)18(28)7-5-6-12-33-24-20(26-15(3)27)22(30)21(29)19(34-24)13-25-23(31)16-8-10-17(32-4)11-9-16/h8-11,14,19-22,24,29-30H,5-7,12-13H2,1-4H3,(H,25,31)(H,26,27)/t19?,20?,21-,22-,24-/m1/s1. The Labute approximate surface area is 200 Å². The molecule has 1 aliphatic heterocycles. The molecule has 10 heteroatoms. The van der Waals surface area contributed by atoms with E-state index in [4.69, 9.17) is 14.2 Å². The number of amides is 2. The monoisotopic (exact) mass is 480 g/mol. The first-order valence-electron chi connectivity index (χ1n) is 11.5. The normalized spacial score (nSPS) is 24.5. The van der Waals surface area contributed by atoms with Crippen molar-refractivity contribution in [3.05, 3.63) is 29.8 Å². The molecule has 2 amide bonds. The number of carbonyl (C=O) groups excluding carboxylic acids is 3. The summed E-state index contributed by atoms with van der Waals surface area (Å²) >= 11 is 0. The molecule has 190 valence electrons. The van der Waals surface area contributed by atoms with Crippen LogP contribution < -0.4 is 15.4 Å². The second kappa shape index (κ2) is 13.4. The van der Waals surface area contributed by atoms with Crippen LogP contribution in [0.1, 0.15) is 50.4 Å². The Morgan fingerprint density at radius 1 is 1.09 bits per heavy atom. The van der Waals surface area contributed by atoms with E-state index in [1.807, 2.05) is 13.8 Å². The van der Waals surface area contributed by atoms with Crippen LogP contribution in [0.3, 0.4) is 0 Å². The molecule has 1 aromatic rings. The van der Waals surface area contributed by atoms with Gasteiger partial charge in [0.25, 0.3) is 5.91 Å². The summed E-state index contributed by atoms with van der Waals surface area (Å²) in [5.74, 6) is -0.0248. The van der Waals surface area contributed by atoms with Gasteiger partial charge in [-0.3, -0.25) is 14.4 Å². The van der Waals surface area contributed by atoms with Crippen LogP contribution in [-0.4, -0.2) is 78.7 Å². The van der Waals surface area contributed by atoms with Gasteiger partial charge in [-0.15, -0.1) is 0 Å². The molecule has 4 N–H and O–H groups in total. The molecule has 0 aliphatic carbocycles. The van der Waals surface area contributed by atoms with Crippen LogP contribution in [0.25, 0.3) is 0 Å². The second-order valence-corrected chi connectivity index (χ2v) is 8.64. The lowest BCUT2D eigenvalue weighted by atomic mass is 9.96. The number of methoxy groups -OCH3 is 1. The minimum Gasteiger partial charge on any atom is -0.497 e. The Morgan fingerprint density at radius 3 is 2.35 bits per heavy atom. The van der Waals surface area contributed by atoms with E-state index < -0.39 is 36.6 Å². The van der Waals surface area contributed by atoms with Crippen LogP contribution in [0.15, 0.2) is 24.3 Å². The lowest BCUT2D eigenvalue weighted by molar-refractivity contribution is -0.262. The summed E-state index contributed by atoms with van der Waals surface area (Å²) in [4.78, 5) is 35.8. The van der Waals surface area contributed by atoms with E-state index >= 15 is 0 Å². The van der Waals surface area contributed by atoms with Crippen molar-refractivity contribution in [3.63, 3.8) is 0 Å². The molecule has 2 rings (SSSR count). The van der Waals surface area contributed by atoms with Gasteiger partial charge in [0.1, 0.15) is 35.9 Å². The number of rotatable bonds is 12. The molecular formula is C24H36N2O8. The van der Waals surface area contributed by atoms with Crippen molar-refractivity contribution < 1.29 is 38.8 Å². The first-order valence-corrected chi connectivity index (χ1v) is 11.5. The molecule has 1 saturated heterocycles. The Hall–Kier alpha value is -2.53. The van der Waals surface area contributed by atoms with E-state index in [1.54, 1.807) is 24.3 Å². The average Bonchev–Trinajstić information content (AvgIpc) is 2.81. The average molecular weight is 481 g/mol. The van der Waals surface area contributed by atoms with Crippen molar-refractivity contribution in [2.45, 2.75) is 70.7 Å². The molecule has 0 spiro atoms. The van der Waals surface area contributed by atoms with Crippen LogP contribution in [0.5, 0.6) is 5.75 Å². The van der Waals surface area contributed by atoms with Gasteiger partial charge in [0.05, 0.1) is 7.11 Å². The van der Waals surface area contributed by atoms with Gasteiger partial charge in [0.15, 0.2) is 6.29 Å². The first kappa shape index (κ1) is 27.7. The SMILES string of the molecule is COc1ccc(C(=O)NCC2O[C@@H](OCCCCC(=O)C(C)C)C(NC(C)=O)[C@@H](O)[C@@H]2O)cc1. The molecule has 1 aromatic carbocycles. The second-order valence-electron chi connectivity index (χ2n) is 8.64. The zero-order valence-corrected chi connectivity index (χ0v) is 20.2. The predicted octanol–water partition coefficient (Wildman–Crippen LogP) is 0.788. The van der Waals surface area contributed by atoms with Crippen LogP contribution in [0.4, 0.5) is 0 Å². The summed E-state index contributed by atoms with van der Waals surface area (Å²) in [6, 6.07) is 5.52.